The van der Waals surface area contributed by atoms with E-state index in [0.29, 0.717) is 0 Å². The number of anilines is 6. The van der Waals surface area contributed by atoms with Crippen LogP contribution in [0.25, 0.3) is 11.1 Å². The molecular weight excluding hydrogens is 519 g/mol. The summed E-state index contributed by atoms with van der Waals surface area (Å²) < 4.78 is 0. The maximum Gasteiger partial charge on any atom is 0.252 e. The summed E-state index contributed by atoms with van der Waals surface area (Å²) >= 11 is 0. The van der Waals surface area contributed by atoms with Crippen molar-refractivity contribution in [3.8, 4) is 11.1 Å². The number of rotatable bonds is 3. The van der Waals surface area contributed by atoms with Crippen LogP contribution in [0.1, 0.15) is 24.0 Å². The summed E-state index contributed by atoms with van der Waals surface area (Å²) in [5.74, 6) is 0. The fourth-order valence-electron chi connectivity index (χ4n) is 7.83. The largest absolute Gasteiger partial charge is 0.311 e. The molecule has 6 aromatic carbocycles. The molecular formula is C40H31BN2. The van der Waals surface area contributed by atoms with Gasteiger partial charge in [0.1, 0.15) is 0 Å². The van der Waals surface area contributed by atoms with E-state index in [0.717, 1.165) is 0 Å². The first-order chi connectivity index (χ1) is 21.4. The van der Waals surface area contributed by atoms with Gasteiger partial charge in [0.05, 0.1) is 0 Å². The third-order valence-electron chi connectivity index (χ3n) is 9.63. The first kappa shape index (κ1) is 24.6. The summed E-state index contributed by atoms with van der Waals surface area (Å²) in [5.41, 5.74) is 17.2. The number of para-hydroxylation sites is 3. The predicted molar refractivity (Wildman–Crippen MR) is 183 cm³/mol. The van der Waals surface area contributed by atoms with Crippen LogP contribution < -0.4 is 26.2 Å². The SMILES string of the molecule is c1ccc(N2c3ccccc3B3c4ccccc4N(c4cccc(-c5cccc6c5CCCC6)c4)c4cccc2c43)cc1. The zero-order valence-corrected chi connectivity index (χ0v) is 24.1. The summed E-state index contributed by atoms with van der Waals surface area (Å²) in [6.45, 7) is 0.166. The predicted octanol–water partition coefficient (Wildman–Crippen LogP) is 8.32. The number of fused-ring (bicyclic) bond motifs is 5. The highest BCUT2D eigenvalue weighted by molar-refractivity contribution is 7.00. The second kappa shape index (κ2) is 9.78. The maximum absolute atomic E-state index is 2.50. The third kappa shape index (κ3) is 3.74. The number of benzene rings is 6. The van der Waals surface area contributed by atoms with E-state index in [4.69, 9.17) is 0 Å². The summed E-state index contributed by atoms with van der Waals surface area (Å²) in [7, 11) is 0. The normalized spacial score (nSPS) is 14.5. The molecule has 204 valence electrons. The second-order valence-electron chi connectivity index (χ2n) is 12.0. The van der Waals surface area contributed by atoms with Crippen LogP contribution in [0.2, 0.25) is 0 Å². The van der Waals surface area contributed by atoms with Gasteiger partial charge in [0.25, 0.3) is 6.71 Å². The molecule has 0 saturated carbocycles. The van der Waals surface area contributed by atoms with Crippen LogP contribution >= 0.6 is 0 Å². The van der Waals surface area contributed by atoms with Crippen LogP contribution in [0.15, 0.2) is 140 Å². The molecule has 2 heterocycles. The number of nitrogens with zero attached hydrogens (tertiary/aromatic N) is 2. The lowest BCUT2D eigenvalue weighted by atomic mass is 9.33. The van der Waals surface area contributed by atoms with E-state index in [1.54, 1.807) is 0 Å². The van der Waals surface area contributed by atoms with E-state index >= 15 is 0 Å². The Kier molecular flexibility index (Phi) is 5.59. The van der Waals surface area contributed by atoms with Crippen LogP contribution in [0.3, 0.4) is 0 Å². The Labute approximate surface area is 254 Å². The van der Waals surface area contributed by atoms with E-state index in [1.807, 2.05) is 0 Å². The molecule has 1 aliphatic carbocycles. The van der Waals surface area contributed by atoms with Gasteiger partial charge in [0.2, 0.25) is 0 Å². The van der Waals surface area contributed by atoms with E-state index < -0.39 is 0 Å². The van der Waals surface area contributed by atoms with Crippen molar-refractivity contribution >= 4 is 57.2 Å². The standard InChI is InChI=1S/C40H31BN2/c1-2-16-30(17-3-1)42-36-23-8-6-21-34(36)41-35-22-7-9-24-37(35)43(39-26-12-25-38(42)40(39)41)31-18-10-15-29(27-31)33-20-11-14-28-13-4-5-19-32(28)33/h1-3,6-12,14-18,20-27H,4-5,13,19H2. The topological polar surface area (TPSA) is 6.48 Å². The van der Waals surface area contributed by atoms with Gasteiger partial charge < -0.3 is 9.80 Å². The Morgan fingerprint density at radius 1 is 0.465 bits per heavy atom. The van der Waals surface area contributed by atoms with Crippen molar-refractivity contribution in [1.29, 1.82) is 0 Å². The number of hydrogen-bond donors (Lipinski definition) is 0. The van der Waals surface area contributed by atoms with E-state index in [9.17, 15) is 0 Å². The molecule has 3 heteroatoms. The van der Waals surface area contributed by atoms with Crippen LogP contribution in [0.4, 0.5) is 34.1 Å². The highest BCUT2D eigenvalue weighted by atomic mass is 15.2. The molecule has 0 spiro atoms. The van der Waals surface area contributed by atoms with Crippen LogP contribution in [0, 0.1) is 0 Å². The van der Waals surface area contributed by atoms with E-state index in [-0.39, 0.29) is 6.71 Å². The maximum atomic E-state index is 2.50. The average molecular weight is 551 g/mol. The number of hydrogen-bond acceptors (Lipinski definition) is 2. The molecule has 43 heavy (non-hydrogen) atoms. The lowest BCUT2D eigenvalue weighted by Gasteiger charge is -2.44. The highest BCUT2D eigenvalue weighted by Gasteiger charge is 2.42. The van der Waals surface area contributed by atoms with Gasteiger partial charge >= 0.3 is 0 Å². The fourth-order valence-corrected chi connectivity index (χ4v) is 7.83. The first-order valence-electron chi connectivity index (χ1n) is 15.5. The smallest absolute Gasteiger partial charge is 0.252 e. The Balaban J connectivity index is 1.28. The number of aryl methyl sites for hydroxylation is 1. The molecule has 0 aromatic heterocycles. The molecule has 9 rings (SSSR count). The molecule has 0 unspecified atom stereocenters. The second-order valence-corrected chi connectivity index (χ2v) is 12.0. The Hall–Kier alpha value is -5.02. The van der Waals surface area contributed by atoms with Crippen molar-refractivity contribution in [2.24, 2.45) is 0 Å². The Morgan fingerprint density at radius 3 is 1.81 bits per heavy atom. The lowest BCUT2D eigenvalue weighted by molar-refractivity contribution is 0.687. The molecule has 0 N–H and O–H groups in total. The van der Waals surface area contributed by atoms with Crippen molar-refractivity contribution in [2.75, 3.05) is 9.80 Å². The van der Waals surface area contributed by atoms with E-state index in [2.05, 4.69) is 149 Å². The van der Waals surface area contributed by atoms with Crippen molar-refractivity contribution in [1.82, 2.24) is 0 Å². The highest BCUT2D eigenvalue weighted by Crippen LogP contribution is 2.44. The molecule has 2 nitrogen and oxygen atoms in total. The molecule has 0 atom stereocenters. The average Bonchev–Trinajstić information content (AvgIpc) is 3.08. The van der Waals surface area contributed by atoms with E-state index in [1.165, 1.54) is 98.4 Å². The zero-order valence-electron chi connectivity index (χ0n) is 24.1. The quantitative estimate of drug-likeness (QED) is 0.204. The third-order valence-corrected chi connectivity index (χ3v) is 9.63. The molecule has 0 fully saturated rings. The minimum atomic E-state index is 0.166. The minimum Gasteiger partial charge on any atom is -0.311 e. The molecule has 0 bridgehead atoms. The van der Waals surface area contributed by atoms with Crippen molar-refractivity contribution < 1.29 is 0 Å². The molecule has 0 radical (unpaired) electrons. The van der Waals surface area contributed by atoms with Gasteiger partial charge in [-0.3, -0.25) is 0 Å². The van der Waals surface area contributed by atoms with Gasteiger partial charge in [-0.2, -0.15) is 0 Å². The Bertz CT molecular complexity index is 2010. The summed E-state index contributed by atoms with van der Waals surface area (Å²) in [4.78, 5) is 4.95. The van der Waals surface area contributed by atoms with Crippen molar-refractivity contribution in [3.05, 3.63) is 151 Å². The molecule has 0 saturated heterocycles. The minimum absolute atomic E-state index is 0.166. The fraction of sp³-hybridized carbons (Fsp3) is 0.100. The van der Waals surface area contributed by atoms with Crippen LogP contribution in [-0.4, -0.2) is 6.71 Å². The van der Waals surface area contributed by atoms with Crippen LogP contribution in [0.5, 0.6) is 0 Å². The van der Waals surface area contributed by atoms with Gasteiger partial charge in [0.15, 0.2) is 0 Å². The van der Waals surface area contributed by atoms with Crippen molar-refractivity contribution in [2.45, 2.75) is 25.7 Å². The van der Waals surface area contributed by atoms with Crippen molar-refractivity contribution in [3.63, 3.8) is 0 Å². The van der Waals surface area contributed by atoms with Gasteiger partial charge in [-0.1, -0.05) is 91.0 Å². The molecule has 0 amide bonds. The summed E-state index contributed by atoms with van der Waals surface area (Å²) in [6.07, 6.45) is 4.94. The summed E-state index contributed by atoms with van der Waals surface area (Å²) in [5, 5.41) is 0. The Morgan fingerprint density at radius 2 is 1.05 bits per heavy atom. The lowest BCUT2D eigenvalue weighted by Crippen LogP contribution is -2.61. The zero-order chi connectivity index (χ0) is 28.3. The first-order valence-corrected chi connectivity index (χ1v) is 15.5. The molecule has 6 aromatic rings. The van der Waals surface area contributed by atoms with Crippen LogP contribution in [-0.2, 0) is 12.8 Å². The van der Waals surface area contributed by atoms with Gasteiger partial charge in [-0.15, -0.1) is 0 Å². The molecule has 3 aliphatic rings. The summed E-state index contributed by atoms with van der Waals surface area (Å²) in [6, 6.07) is 51.7. The monoisotopic (exact) mass is 550 g/mol. The van der Waals surface area contributed by atoms with Gasteiger partial charge in [0, 0.05) is 34.1 Å². The molecule has 2 aliphatic heterocycles. The van der Waals surface area contributed by atoms with Gasteiger partial charge in [-0.25, -0.2) is 0 Å². The van der Waals surface area contributed by atoms with Gasteiger partial charge in [-0.05, 0) is 113 Å².